The average molecular weight is 660 g/mol. The molecule has 1 heterocycles. The predicted molar refractivity (Wildman–Crippen MR) is 164 cm³/mol. The highest BCUT2D eigenvalue weighted by Crippen LogP contribution is 2.34. The van der Waals surface area contributed by atoms with Crippen LogP contribution in [0.5, 0.6) is 5.75 Å². The molecule has 1 aliphatic heterocycles. The molecule has 1 N–H and O–H groups in total. The average Bonchev–Trinajstić information content (AvgIpc) is 2.92. The third-order valence-electron chi connectivity index (χ3n) is 6.52. The Bertz CT molecular complexity index is 1730. The molecule has 8 heteroatoms. The number of hydrogen-bond donors (Lipinski definition) is 1. The van der Waals surface area contributed by atoms with Crippen LogP contribution in [0, 0.1) is 6.92 Å². The summed E-state index contributed by atoms with van der Waals surface area (Å²) in [7, 11) is 0. The molecule has 4 amide bonds. The first-order valence-corrected chi connectivity index (χ1v) is 14.0. The first-order chi connectivity index (χ1) is 19.2. The highest BCUT2D eigenvalue weighted by Gasteiger charge is 2.37. The summed E-state index contributed by atoms with van der Waals surface area (Å²) in [4.78, 5) is 39.7. The van der Waals surface area contributed by atoms with Gasteiger partial charge in [0, 0.05) is 4.47 Å². The van der Waals surface area contributed by atoms with Crippen molar-refractivity contribution in [2.75, 3.05) is 4.90 Å². The minimum absolute atomic E-state index is 0.151. The number of nitrogens with zero attached hydrogens (tertiary/aromatic N) is 1. The maximum absolute atomic E-state index is 13.4. The van der Waals surface area contributed by atoms with Crippen LogP contribution in [0.4, 0.5) is 10.5 Å². The number of allylic oxidation sites excluding steroid dienone is 1. The number of halogens is 2. The molecule has 0 aliphatic carbocycles. The van der Waals surface area contributed by atoms with Crippen molar-refractivity contribution in [3.05, 3.63) is 122 Å². The van der Waals surface area contributed by atoms with Crippen LogP contribution in [0.15, 0.2) is 100.0 Å². The zero-order chi connectivity index (χ0) is 28.4. The van der Waals surface area contributed by atoms with Crippen LogP contribution in [0.2, 0.25) is 0 Å². The van der Waals surface area contributed by atoms with Crippen molar-refractivity contribution in [2.45, 2.75) is 20.0 Å². The summed E-state index contributed by atoms with van der Waals surface area (Å²) >= 11 is 7.03. The minimum Gasteiger partial charge on any atom is -0.487 e. The van der Waals surface area contributed by atoms with Gasteiger partial charge in [0.1, 0.15) is 17.9 Å². The Hall–Kier alpha value is -4.01. The van der Waals surface area contributed by atoms with E-state index in [1.54, 1.807) is 30.3 Å². The van der Waals surface area contributed by atoms with Crippen molar-refractivity contribution >= 4 is 72.2 Å². The van der Waals surface area contributed by atoms with Gasteiger partial charge in [-0.1, -0.05) is 58.4 Å². The quantitative estimate of drug-likeness (QED) is 0.126. The third kappa shape index (κ3) is 5.64. The van der Waals surface area contributed by atoms with Crippen LogP contribution >= 0.6 is 31.9 Å². The van der Waals surface area contributed by atoms with Crippen LogP contribution < -0.4 is 15.0 Å². The smallest absolute Gasteiger partial charge is 0.335 e. The maximum atomic E-state index is 13.4. The van der Waals surface area contributed by atoms with Crippen LogP contribution in [0.1, 0.15) is 22.3 Å². The normalized spacial score (nSPS) is 14.5. The van der Waals surface area contributed by atoms with E-state index in [-0.39, 0.29) is 5.57 Å². The van der Waals surface area contributed by atoms with E-state index >= 15 is 0 Å². The fraction of sp³-hybridized carbons (Fsp3) is 0.0938. The van der Waals surface area contributed by atoms with Crippen molar-refractivity contribution in [3.8, 4) is 5.75 Å². The van der Waals surface area contributed by atoms with Gasteiger partial charge in [-0.2, -0.15) is 0 Å². The molecule has 0 atom stereocenters. The molecule has 0 radical (unpaired) electrons. The highest BCUT2D eigenvalue weighted by molar-refractivity contribution is 9.10. The van der Waals surface area contributed by atoms with E-state index in [1.165, 1.54) is 6.08 Å². The molecule has 0 saturated carbocycles. The second kappa shape index (κ2) is 11.6. The van der Waals surface area contributed by atoms with Gasteiger partial charge in [-0.05, 0) is 105 Å². The molecule has 1 saturated heterocycles. The van der Waals surface area contributed by atoms with E-state index in [4.69, 9.17) is 4.74 Å². The second-order valence-electron chi connectivity index (χ2n) is 9.35. The molecule has 40 heavy (non-hydrogen) atoms. The number of carbonyl (C=O) groups excluding carboxylic acids is 3. The van der Waals surface area contributed by atoms with Gasteiger partial charge in [-0.3, -0.25) is 14.9 Å². The fourth-order valence-corrected chi connectivity index (χ4v) is 5.42. The van der Waals surface area contributed by atoms with E-state index in [9.17, 15) is 14.4 Å². The van der Waals surface area contributed by atoms with Crippen LogP contribution in [-0.4, -0.2) is 17.8 Å². The number of fused-ring (bicyclic) bond motifs is 1. The molecule has 0 unspecified atom stereocenters. The molecule has 200 valence electrons. The second-order valence-corrected chi connectivity index (χ2v) is 11.1. The third-order valence-corrected chi connectivity index (χ3v) is 8.00. The minimum atomic E-state index is -0.792. The molecule has 5 rings (SSSR count). The standard InChI is InChI=1S/C32H24Br2N2O4/c1-3-6-24-15-21(17-28(34)29(24)40-18-20-9-10-22-7-4-5-8-23(22)14-20)16-26-30(37)35-32(39)36(31(26)38)25-11-12-27(33)19(2)13-25/h3-5,7-17H,1,6,18H2,2H3,(H,35,37,39)/b26-16+. The van der Waals surface area contributed by atoms with Gasteiger partial charge in [-0.25, -0.2) is 9.69 Å². The molecule has 0 bridgehead atoms. The Balaban J connectivity index is 1.45. The van der Waals surface area contributed by atoms with E-state index in [2.05, 4.69) is 68.0 Å². The summed E-state index contributed by atoms with van der Waals surface area (Å²) in [5.74, 6) is -0.802. The van der Waals surface area contributed by atoms with E-state index in [0.29, 0.717) is 34.5 Å². The topological polar surface area (TPSA) is 75.7 Å². The molecular weight excluding hydrogens is 636 g/mol. The number of imide groups is 2. The summed E-state index contributed by atoms with van der Waals surface area (Å²) in [6, 6.07) is 22.3. The van der Waals surface area contributed by atoms with E-state index in [0.717, 1.165) is 36.8 Å². The first kappa shape index (κ1) is 27.6. The maximum Gasteiger partial charge on any atom is 0.335 e. The molecule has 0 spiro atoms. The van der Waals surface area contributed by atoms with Crippen molar-refractivity contribution < 1.29 is 19.1 Å². The monoisotopic (exact) mass is 658 g/mol. The summed E-state index contributed by atoms with van der Waals surface area (Å²) < 4.78 is 7.74. The van der Waals surface area contributed by atoms with Gasteiger partial charge >= 0.3 is 6.03 Å². The van der Waals surface area contributed by atoms with Crippen LogP contribution in [0.25, 0.3) is 16.8 Å². The van der Waals surface area contributed by atoms with Crippen molar-refractivity contribution in [1.82, 2.24) is 5.32 Å². The Labute approximate surface area is 248 Å². The molecule has 6 nitrogen and oxygen atoms in total. The zero-order valence-electron chi connectivity index (χ0n) is 21.5. The Kier molecular flexibility index (Phi) is 8.00. The predicted octanol–water partition coefficient (Wildman–Crippen LogP) is 7.65. The lowest BCUT2D eigenvalue weighted by molar-refractivity contribution is -0.122. The number of rotatable bonds is 7. The van der Waals surface area contributed by atoms with Gasteiger partial charge in [0.05, 0.1) is 10.2 Å². The van der Waals surface area contributed by atoms with E-state index < -0.39 is 17.8 Å². The largest absolute Gasteiger partial charge is 0.487 e. The summed E-state index contributed by atoms with van der Waals surface area (Å²) in [6.45, 7) is 6.07. The number of benzene rings is 4. The number of urea groups is 1. The van der Waals surface area contributed by atoms with Crippen molar-refractivity contribution in [1.29, 1.82) is 0 Å². The summed E-state index contributed by atoms with van der Waals surface area (Å²) in [5.41, 5.74) is 3.52. The lowest BCUT2D eigenvalue weighted by Gasteiger charge is -2.26. The molecule has 1 fully saturated rings. The van der Waals surface area contributed by atoms with Gasteiger partial charge in [0.2, 0.25) is 0 Å². The van der Waals surface area contributed by atoms with Gasteiger partial charge in [0.25, 0.3) is 11.8 Å². The first-order valence-electron chi connectivity index (χ1n) is 12.5. The highest BCUT2D eigenvalue weighted by atomic mass is 79.9. The number of carbonyl (C=O) groups is 3. The lowest BCUT2D eigenvalue weighted by Crippen LogP contribution is -2.54. The number of hydrogen-bond acceptors (Lipinski definition) is 4. The summed E-state index contributed by atoms with van der Waals surface area (Å²) in [5, 5.41) is 4.57. The van der Waals surface area contributed by atoms with Crippen molar-refractivity contribution in [3.63, 3.8) is 0 Å². The van der Waals surface area contributed by atoms with E-state index in [1.807, 2.05) is 31.2 Å². The van der Waals surface area contributed by atoms with Crippen LogP contribution in [-0.2, 0) is 22.6 Å². The Morgan fingerprint density at radius 3 is 2.45 bits per heavy atom. The zero-order valence-corrected chi connectivity index (χ0v) is 24.7. The Morgan fingerprint density at radius 2 is 1.70 bits per heavy atom. The fourth-order valence-electron chi connectivity index (χ4n) is 4.54. The number of barbiturate groups is 1. The Morgan fingerprint density at radius 1 is 0.925 bits per heavy atom. The molecule has 0 aromatic heterocycles. The number of ether oxygens (including phenoxy) is 1. The number of anilines is 1. The number of nitrogens with one attached hydrogen (secondary N) is 1. The molecule has 4 aromatic rings. The SMILES string of the molecule is C=CCc1cc(/C=C2\C(=O)NC(=O)N(c3ccc(Br)c(C)c3)C2=O)cc(Br)c1OCc1ccc2ccccc2c1. The van der Waals surface area contributed by atoms with Gasteiger partial charge < -0.3 is 4.74 Å². The van der Waals surface area contributed by atoms with Gasteiger partial charge in [0.15, 0.2) is 0 Å². The van der Waals surface area contributed by atoms with Crippen LogP contribution in [0.3, 0.4) is 0 Å². The number of amides is 4. The number of aryl methyl sites for hydroxylation is 1. The molecular formula is C32H24Br2N2O4. The molecule has 4 aromatic carbocycles. The molecule has 1 aliphatic rings. The van der Waals surface area contributed by atoms with Gasteiger partial charge in [-0.15, -0.1) is 6.58 Å². The summed E-state index contributed by atoms with van der Waals surface area (Å²) in [6.07, 6.45) is 3.75. The van der Waals surface area contributed by atoms with Crippen molar-refractivity contribution in [2.24, 2.45) is 0 Å². The lowest BCUT2D eigenvalue weighted by atomic mass is 10.0.